The van der Waals surface area contributed by atoms with E-state index in [0.29, 0.717) is 6.04 Å². The molecule has 0 heterocycles. The van der Waals surface area contributed by atoms with Gasteiger partial charge in [0.15, 0.2) is 0 Å². The number of allylic oxidation sites excluding steroid dienone is 1. The van der Waals surface area contributed by atoms with E-state index in [9.17, 15) is 0 Å². The quantitative estimate of drug-likeness (QED) is 0.474. The minimum Gasteiger partial charge on any atom is -0.343 e. The molecule has 99 valence electrons. The Bertz CT molecular complexity index is 183. The Morgan fingerprint density at radius 2 is 1.59 bits per heavy atom. The van der Waals surface area contributed by atoms with Gasteiger partial charge in [-0.25, -0.2) is 0 Å². The van der Waals surface area contributed by atoms with Crippen molar-refractivity contribution in [3.8, 4) is 0 Å². The van der Waals surface area contributed by atoms with E-state index in [-0.39, 0.29) is 0 Å². The van der Waals surface area contributed by atoms with Crippen LogP contribution in [-0.4, -0.2) is 25.3 Å². The van der Waals surface area contributed by atoms with Gasteiger partial charge >= 0.3 is 0 Å². The maximum atomic E-state index is 4.13. The summed E-state index contributed by atoms with van der Waals surface area (Å²) in [5, 5.41) is 0. The molecule has 0 rings (SSSR count). The van der Waals surface area contributed by atoms with Crippen LogP contribution >= 0.6 is 0 Å². The molecule has 0 spiro atoms. The Morgan fingerprint density at radius 1 is 1.06 bits per heavy atom. The van der Waals surface area contributed by atoms with E-state index in [1.807, 2.05) is 0 Å². The van der Waals surface area contributed by atoms with Crippen LogP contribution in [0.1, 0.15) is 72.1 Å². The number of nitrogens with zero attached hydrogens (tertiary/aromatic N) is 1. The predicted molar refractivity (Wildman–Crippen MR) is 80.4 cm³/mol. The van der Waals surface area contributed by atoms with Gasteiger partial charge in [0.05, 0.1) is 0 Å². The van der Waals surface area contributed by atoms with Gasteiger partial charge in [0, 0.05) is 0 Å². The van der Waals surface area contributed by atoms with E-state index in [1.54, 1.807) is 0 Å². The Balaban J connectivity index is 4.09. The summed E-state index contributed by atoms with van der Waals surface area (Å²) < 4.78 is 0. The van der Waals surface area contributed by atoms with Gasteiger partial charge in [0.1, 0.15) is 0 Å². The highest BCUT2D eigenvalue weighted by Gasteiger charge is 2.15. The molecule has 0 unspecified atom stereocenters. The van der Waals surface area contributed by atoms with Crippen molar-refractivity contribution < 1.29 is 0 Å². The molecule has 0 aliphatic heterocycles. The molecule has 0 bridgehead atoms. The monoisotopic (exact) mass is 236 g/mol. The molecule has 1 radical (unpaired) electrons. The van der Waals surface area contributed by atoms with E-state index in [0.717, 1.165) is 6.42 Å². The standard InChI is InChI=1S/C15H31BN/c1-6-9-12-15(13-10-7-2)17(5)16-14(4)11-8-3/h15H,4,6-13H2,1-3,5H3. The summed E-state index contributed by atoms with van der Waals surface area (Å²) in [5.74, 6) is 0. The molecule has 0 saturated heterocycles. The molecule has 0 aromatic carbocycles. The van der Waals surface area contributed by atoms with Crippen molar-refractivity contribution in [1.82, 2.24) is 4.81 Å². The molecule has 0 fully saturated rings. The minimum atomic E-state index is 0.712. The largest absolute Gasteiger partial charge is 0.343 e. The van der Waals surface area contributed by atoms with Crippen molar-refractivity contribution in [1.29, 1.82) is 0 Å². The summed E-state index contributed by atoms with van der Waals surface area (Å²) >= 11 is 0. The molecule has 0 aliphatic rings. The fourth-order valence-corrected chi connectivity index (χ4v) is 2.21. The third-order valence-corrected chi connectivity index (χ3v) is 3.32. The van der Waals surface area contributed by atoms with E-state index in [4.69, 9.17) is 0 Å². The van der Waals surface area contributed by atoms with Crippen LogP contribution in [-0.2, 0) is 0 Å². The van der Waals surface area contributed by atoms with Crippen molar-refractivity contribution in [3.63, 3.8) is 0 Å². The molecule has 0 aromatic heterocycles. The minimum absolute atomic E-state index is 0.712. The summed E-state index contributed by atoms with van der Waals surface area (Å²) in [6.45, 7) is 10.9. The van der Waals surface area contributed by atoms with Crippen LogP contribution in [0.3, 0.4) is 0 Å². The number of unbranched alkanes of at least 4 members (excludes halogenated alkanes) is 2. The highest BCUT2D eigenvalue weighted by atomic mass is 15.0. The van der Waals surface area contributed by atoms with Gasteiger partial charge in [0.25, 0.3) is 0 Å². The maximum absolute atomic E-state index is 4.13. The van der Waals surface area contributed by atoms with Gasteiger partial charge in [-0.3, -0.25) is 0 Å². The fraction of sp³-hybridized carbons (Fsp3) is 0.867. The summed E-state index contributed by atoms with van der Waals surface area (Å²) in [6, 6.07) is 0.712. The Morgan fingerprint density at radius 3 is 2.00 bits per heavy atom. The molecule has 1 nitrogen and oxygen atoms in total. The lowest BCUT2D eigenvalue weighted by atomic mass is 9.76. The van der Waals surface area contributed by atoms with Crippen molar-refractivity contribution in [3.05, 3.63) is 12.1 Å². The molecular weight excluding hydrogens is 205 g/mol. The third-order valence-electron chi connectivity index (χ3n) is 3.32. The first kappa shape index (κ1) is 16.8. The topological polar surface area (TPSA) is 3.24 Å². The lowest BCUT2D eigenvalue weighted by Gasteiger charge is -2.28. The first-order chi connectivity index (χ1) is 8.15. The van der Waals surface area contributed by atoms with Gasteiger partial charge < -0.3 is 4.81 Å². The molecule has 0 aromatic rings. The summed E-state index contributed by atoms with van der Waals surface area (Å²) in [7, 11) is 4.48. The molecule has 17 heavy (non-hydrogen) atoms. The molecule has 0 aliphatic carbocycles. The van der Waals surface area contributed by atoms with Crippen LogP contribution in [0.2, 0.25) is 0 Å². The number of hydrogen-bond acceptors (Lipinski definition) is 1. The van der Waals surface area contributed by atoms with Gasteiger partial charge in [-0.2, -0.15) is 0 Å². The summed E-state index contributed by atoms with van der Waals surface area (Å²) in [4.78, 5) is 2.41. The highest BCUT2D eigenvalue weighted by molar-refractivity contribution is 6.41. The van der Waals surface area contributed by atoms with Gasteiger partial charge in [0.2, 0.25) is 7.41 Å². The van der Waals surface area contributed by atoms with Crippen molar-refractivity contribution in [2.45, 2.75) is 78.2 Å². The molecule has 0 atom stereocenters. The number of hydrogen-bond donors (Lipinski definition) is 0. The smallest absolute Gasteiger partial charge is 0.242 e. The van der Waals surface area contributed by atoms with Gasteiger partial charge in [-0.1, -0.05) is 58.3 Å². The van der Waals surface area contributed by atoms with E-state index in [1.165, 1.54) is 50.4 Å². The van der Waals surface area contributed by atoms with Crippen LogP contribution in [0, 0.1) is 0 Å². The molecule has 2 heteroatoms. The Labute approximate surface area is 110 Å². The third kappa shape index (κ3) is 8.48. The predicted octanol–water partition coefficient (Wildman–Crippen LogP) is 4.60. The van der Waals surface area contributed by atoms with Crippen molar-refractivity contribution >= 4 is 7.41 Å². The SMILES string of the molecule is C=C([B]N(C)C(CCCC)CCCC)CCC. The molecule has 0 amide bonds. The molecular formula is C15H31BN. The van der Waals surface area contributed by atoms with Crippen LogP contribution in [0.4, 0.5) is 0 Å². The zero-order valence-corrected chi connectivity index (χ0v) is 12.5. The fourth-order valence-electron chi connectivity index (χ4n) is 2.21. The second kappa shape index (κ2) is 10.9. The average molecular weight is 236 g/mol. The summed E-state index contributed by atoms with van der Waals surface area (Å²) in [5.41, 5.74) is 1.27. The van der Waals surface area contributed by atoms with E-state index < -0.39 is 0 Å². The lowest BCUT2D eigenvalue weighted by molar-refractivity contribution is 0.328. The van der Waals surface area contributed by atoms with Gasteiger partial charge in [-0.15, -0.1) is 6.58 Å². The second-order valence-electron chi connectivity index (χ2n) is 5.14. The van der Waals surface area contributed by atoms with Crippen molar-refractivity contribution in [2.24, 2.45) is 0 Å². The Hall–Kier alpha value is -0.235. The maximum Gasteiger partial charge on any atom is 0.242 e. The zero-order valence-electron chi connectivity index (χ0n) is 12.5. The van der Waals surface area contributed by atoms with Crippen molar-refractivity contribution in [2.75, 3.05) is 7.05 Å². The number of rotatable bonds is 11. The van der Waals surface area contributed by atoms with Crippen LogP contribution in [0.5, 0.6) is 0 Å². The lowest BCUT2D eigenvalue weighted by Crippen LogP contribution is -2.35. The second-order valence-corrected chi connectivity index (χ2v) is 5.14. The molecule has 0 saturated carbocycles. The first-order valence-corrected chi connectivity index (χ1v) is 7.40. The zero-order chi connectivity index (χ0) is 13.1. The average Bonchev–Trinajstić information content (AvgIpc) is 2.29. The van der Waals surface area contributed by atoms with Crippen LogP contribution in [0.15, 0.2) is 12.1 Å². The van der Waals surface area contributed by atoms with Crippen LogP contribution in [0.25, 0.3) is 0 Å². The van der Waals surface area contributed by atoms with Crippen LogP contribution < -0.4 is 0 Å². The normalized spacial score (nSPS) is 11.2. The highest BCUT2D eigenvalue weighted by Crippen LogP contribution is 2.15. The van der Waals surface area contributed by atoms with Gasteiger partial charge in [-0.05, 0) is 32.4 Å². The summed E-state index contributed by atoms with van der Waals surface area (Å²) in [6.07, 6.45) is 10.2. The first-order valence-electron chi connectivity index (χ1n) is 7.40. The van der Waals surface area contributed by atoms with E-state index >= 15 is 0 Å². The Kier molecular flexibility index (Phi) is 10.7. The molecule has 0 N–H and O–H groups in total. The van der Waals surface area contributed by atoms with E-state index in [2.05, 4.69) is 46.6 Å².